The van der Waals surface area contributed by atoms with E-state index in [2.05, 4.69) is 64.3 Å². The van der Waals surface area contributed by atoms with Crippen LogP contribution in [0.15, 0.2) is 35.3 Å². The number of piperazine rings is 1. The van der Waals surface area contributed by atoms with E-state index in [9.17, 15) is 0 Å². The van der Waals surface area contributed by atoms with Crippen molar-refractivity contribution in [3.63, 3.8) is 0 Å². The number of benzene rings is 1. The molecule has 25 heavy (non-hydrogen) atoms. The Labute approximate surface area is 151 Å². The molecule has 0 aromatic heterocycles. The van der Waals surface area contributed by atoms with Gasteiger partial charge in [-0.2, -0.15) is 0 Å². The zero-order valence-corrected chi connectivity index (χ0v) is 15.5. The molecule has 3 rings (SSSR count). The molecule has 1 atom stereocenters. The van der Waals surface area contributed by atoms with Gasteiger partial charge in [0.1, 0.15) is 0 Å². The molecular formula is C19H31N5O. The van der Waals surface area contributed by atoms with Crippen LogP contribution in [-0.4, -0.2) is 87.9 Å². The summed E-state index contributed by atoms with van der Waals surface area (Å²) in [5, 5.41) is 3.45. The summed E-state index contributed by atoms with van der Waals surface area (Å²) < 4.78 is 5.84. The van der Waals surface area contributed by atoms with Gasteiger partial charge >= 0.3 is 0 Å². The van der Waals surface area contributed by atoms with Crippen molar-refractivity contribution in [3.05, 3.63) is 30.3 Å². The van der Waals surface area contributed by atoms with Crippen molar-refractivity contribution in [1.82, 2.24) is 15.1 Å². The van der Waals surface area contributed by atoms with Gasteiger partial charge in [0, 0.05) is 51.5 Å². The summed E-state index contributed by atoms with van der Waals surface area (Å²) in [4.78, 5) is 12.0. The van der Waals surface area contributed by atoms with Gasteiger partial charge in [0.2, 0.25) is 0 Å². The van der Waals surface area contributed by atoms with Gasteiger partial charge in [-0.05, 0) is 26.1 Å². The number of nitrogens with one attached hydrogen (secondary N) is 1. The molecule has 2 heterocycles. The van der Waals surface area contributed by atoms with E-state index in [0.29, 0.717) is 0 Å². The SMILES string of the molecule is CCNC(=NCC1CN(C)CCO1)N1CCN(c2ccccc2)CC1. The molecule has 1 aromatic carbocycles. The highest BCUT2D eigenvalue weighted by atomic mass is 16.5. The summed E-state index contributed by atoms with van der Waals surface area (Å²) in [6.45, 7) is 10.6. The first kappa shape index (κ1) is 18.0. The van der Waals surface area contributed by atoms with E-state index in [0.717, 1.165) is 64.9 Å². The van der Waals surface area contributed by atoms with Crippen molar-refractivity contribution < 1.29 is 4.74 Å². The van der Waals surface area contributed by atoms with Gasteiger partial charge in [0.25, 0.3) is 0 Å². The standard InChI is InChI=1S/C19H31N5O/c1-3-20-19(21-15-18-16-22(2)13-14-25-18)24-11-9-23(10-12-24)17-7-5-4-6-8-17/h4-8,18H,3,9-16H2,1-2H3,(H,20,21). The molecule has 2 saturated heterocycles. The summed E-state index contributed by atoms with van der Waals surface area (Å²) in [7, 11) is 2.15. The molecule has 2 fully saturated rings. The molecule has 0 amide bonds. The molecule has 0 aliphatic carbocycles. The lowest BCUT2D eigenvalue weighted by Gasteiger charge is -2.38. The first-order valence-electron chi connectivity index (χ1n) is 9.39. The molecule has 2 aliphatic heterocycles. The Hall–Kier alpha value is -1.79. The Morgan fingerprint density at radius 2 is 1.92 bits per heavy atom. The van der Waals surface area contributed by atoms with Crippen LogP contribution >= 0.6 is 0 Å². The lowest BCUT2D eigenvalue weighted by atomic mass is 10.2. The Morgan fingerprint density at radius 3 is 2.60 bits per heavy atom. The van der Waals surface area contributed by atoms with E-state index in [4.69, 9.17) is 9.73 Å². The number of rotatable bonds is 4. The van der Waals surface area contributed by atoms with Crippen molar-refractivity contribution in [1.29, 1.82) is 0 Å². The van der Waals surface area contributed by atoms with Crippen LogP contribution in [0.4, 0.5) is 5.69 Å². The number of nitrogens with zero attached hydrogens (tertiary/aromatic N) is 4. The monoisotopic (exact) mass is 345 g/mol. The van der Waals surface area contributed by atoms with E-state index in [-0.39, 0.29) is 6.10 Å². The highest BCUT2D eigenvalue weighted by Crippen LogP contribution is 2.15. The minimum Gasteiger partial charge on any atom is -0.374 e. The third kappa shape index (κ3) is 5.09. The number of anilines is 1. The predicted octanol–water partition coefficient (Wildman–Crippen LogP) is 1.10. The Morgan fingerprint density at radius 1 is 1.16 bits per heavy atom. The summed E-state index contributed by atoms with van der Waals surface area (Å²) >= 11 is 0. The van der Waals surface area contributed by atoms with Crippen LogP contribution in [0, 0.1) is 0 Å². The zero-order chi connectivity index (χ0) is 17.5. The third-order valence-corrected chi connectivity index (χ3v) is 4.82. The predicted molar refractivity (Wildman–Crippen MR) is 103 cm³/mol. The minimum absolute atomic E-state index is 0.206. The van der Waals surface area contributed by atoms with Crippen LogP contribution in [0.25, 0.3) is 0 Å². The van der Waals surface area contributed by atoms with Crippen LogP contribution < -0.4 is 10.2 Å². The maximum absolute atomic E-state index is 5.84. The van der Waals surface area contributed by atoms with E-state index in [1.165, 1.54) is 5.69 Å². The van der Waals surface area contributed by atoms with Crippen LogP contribution in [0.2, 0.25) is 0 Å². The van der Waals surface area contributed by atoms with Crippen molar-refractivity contribution in [3.8, 4) is 0 Å². The van der Waals surface area contributed by atoms with Gasteiger partial charge in [-0.25, -0.2) is 0 Å². The van der Waals surface area contributed by atoms with Crippen LogP contribution in [-0.2, 0) is 4.74 Å². The molecule has 1 N–H and O–H groups in total. The second kappa shape index (κ2) is 9.06. The molecule has 0 saturated carbocycles. The highest BCUT2D eigenvalue weighted by molar-refractivity contribution is 5.80. The van der Waals surface area contributed by atoms with Gasteiger partial charge in [-0.3, -0.25) is 4.99 Å². The Balaban J connectivity index is 1.55. The molecule has 6 heteroatoms. The molecule has 6 nitrogen and oxygen atoms in total. The molecular weight excluding hydrogens is 314 g/mol. The summed E-state index contributed by atoms with van der Waals surface area (Å²) in [5.74, 6) is 1.02. The summed E-state index contributed by atoms with van der Waals surface area (Å²) in [6, 6.07) is 10.7. The average Bonchev–Trinajstić information content (AvgIpc) is 2.66. The highest BCUT2D eigenvalue weighted by Gasteiger charge is 2.21. The lowest BCUT2D eigenvalue weighted by molar-refractivity contribution is -0.0137. The lowest BCUT2D eigenvalue weighted by Crippen LogP contribution is -2.53. The van der Waals surface area contributed by atoms with Crippen LogP contribution in [0.1, 0.15) is 6.92 Å². The first-order valence-corrected chi connectivity index (χ1v) is 9.39. The molecule has 0 spiro atoms. The van der Waals surface area contributed by atoms with Crippen LogP contribution in [0.5, 0.6) is 0 Å². The fourth-order valence-electron chi connectivity index (χ4n) is 3.41. The van der Waals surface area contributed by atoms with Gasteiger partial charge < -0.3 is 24.8 Å². The molecule has 1 aromatic rings. The Bertz CT molecular complexity index is 542. The number of para-hydroxylation sites is 1. The smallest absolute Gasteiger partial charge is 0.194 e. The number of ether oxygens (including phenoxy) is 1. The second-order valence-corrected chi connectivity index (χ2v) is 6.76. The van der Waals surface area contributed by atoms with Gasteiger partial charge in [0.05, 0.1) is 19.3 Å². The Kier molecular flexibility index (Phi) is 6.53. The number of aliphatic imine (C=N–C) groups is 1. The molecule has 138 valence electrons. The number of hydrogen-bond donors (Lipinski definition) is 1. The largest absolute Gasteiger partial charge is 0.374 e. The zero-order valence-electron chi connectivity index (χ0n) is 15.5. The van der Waals surface area contributed by atoms with E-state index < -0.39 is 0 Å². The van der Waals surface area contributed by atoms with Crippen LogP contribution in [0.3, 0.4) is 0 Å². The minimum atomic E-state index is 0.206. The maximum Gasteiger partial charge on any atom is 0.194 e. The van der Waals surface area contributed by atoms with E-state index in [1.807, 2.05) is 0 Å². The van der Waals surface area contributed by atoms with Gasteiger partial charge in [-0.1, -0.05) is 18.2 Å². The number of hydrogen-bond acceptors (Lipinski definition) is 4. The normalized spacial score (nSPS) is 23.0. The van der Waals surface area contributed by atoms with Gasteiger partial charge in [0.15, 0.2) is 5.96 Å². The number of likely N-dealkylation sites (N-methyl/N-ethyl adjacent to an activating group) is 1. The fraction of sp³-hybridized carbons (Fsp3) is 0.632. The topological polar surface area (TPSA) is 43.3 Å². The molecule has 0 radical (unpaired) electrons. The molecule has 1 unspecified atom stereocenters. The number of guanidine groups is 1. The van der Waals surface area contributed by atoms with Crippen molar-refractivity contribution in [2.45, 2.75) is 13.0 Å². The number of morpholine rings is 1. The fourth-order valence-corrected chi connectivity index (χ4v) is 3.41. The average molecular weight is 345 g/mol. The quantitative estimate of drug-likeness (QED) is 0.654. The van der Waals surface area contributed by atoms with Crippen molar-refractivity contribution >= 4 is 11.6 Å². The van der Waals surface area contributed by atoms with E-state index >= 15 is 0 Å². The first-order chi connectivity index (χ1) is 12.3. The summed E-state index contributed by atoms with van der Waals surface area (Å²) in [5.41, 5.74) is 1.31. The maximum atomic E-state index is 5.84. The third-order valence-electron chi connectivity index (χ3n) is 4.82. The van der Waals surface area contributed by atoms with Crippen molar-refractivity contribution in [2.24, 2.45) is 4.99 Å². The van der Waals surface area contributed by atoms with Gasteiger partial charge in [-0.15, -0.1) is 0 Å². The molecule has 2 aliphatic rings. The molecule has 0 bridgehead atoms. The second-order valence-electron chi connectivity index (χ2n) is 6.76. The van der Waals surface area contributed by atoms with Crippen molar-refractivity contribution in [2.75, 3.05) is 70.9 Å². The summed E-state index contributed by atoms with van der Waals surface area (Å²) in [6.07, 6.45) is 0.206. The van der Waals surface area contributed by atoms with E-state index in [1.54, 1.807) is 0 Å².